The van der Waals surface area contributed by atoms with Crippen LogP contribution < -0.4 is 5.32 Å². The number of aromatic nitrogens is 2. The van der Waals surface area contributed by atoms with Crippen LogP contribution in [0.2, 0.25) is 0 Å². The van der Waals surface area contributed by atoms with Gasteiger partial charge in [-0.3, -0.25) is 4.79 Å². The number of amides is 1. The molecule has 0 aliphatic heterocycles. The Bertz CT molecular complexity index is 629. The normalized spacial score (nSPS) is 12.9. The molecule has 0 fully saturated rings. The Morgan fingerprint density at radius 3 is 2.57 bits per heavy atom. The van der Waals surface area contributed by atoms with Gasteiger partial charge in [-0.1, -0.05) is 56.3 Å². The standard InChI is InChI=1S/C18H25N3O2/c1-13(14-9-6-5-7-10-14)19-15(22)11-8-12-16-20-17(21-23-16)18(2,3)4/h5-7,9-10,13H,8,11-12H2,1-4H3,(H,19,22). The van der Waals surface area contributed by atoms with E-state index in [1.165, 1.54) is 0 Å². The van der Waals surface area contributed by atoms with Gasteiger partial charge in [-0.15, -0.1) is 0 Å². The molecule has 2 rings (SSSR count). The number of carbonyl (C=O) groups is 1. The van der Waals surface area contributed by atoms with E-state index in [0.29, 0.717) is 31.0 Å². The van der Waals surface area contributed by atoms with Gasteiger partial charge in [0, 0.05) is 18.3 Å². The number of rotatable bonds is 6. The second-order valence-electron chi connectivity index (χ2n) is 6.82. The zero-order valence-electron chi connectivity index (χ0n) is 14.3. The lowest BCUT2D eigenvalue weighted by molar-refractivity contribution is -0.121. The lowest BCUT2D eigenvalue weighted by Gasteiger charge is -2.14. The van der Waals surface area contributed by atoms with Crippen molar-refractivity contribution in [2.24, 2.45) is 0 Å². The fraction of sp³-hybridized carbons (Fsp3) is 0.500. The SMILES string of the molecule is CC(NC(=O)CCCc1nc(C(C)(C)C)no1)c1ccccc1. The van der Waals surface area contributed by atoms with Gasteiger partial charge in [0.1, 0.15) is 0 Å². The molecule has 0 aliphatic rings. The molecule has 5 nitrogen and oxygen atoms in total. The van der Waals surface area contributed by atoms with Gasteiger partial charge < -0.3 is 9.84 Å². The molecule has 0 radical (unpaired) electrons. The van der Waals surface area contributed by atoms with Crippen molar-refractivity contribution in [3.05, 3.63) is 47.6 Å². The van der Waals surface area contributed by atoms with E-state index in [0.717, 1.165) is 5.56 Å². The van der Waals surface area contributed by atoms with Crippen molar-refractivity contribution in [2.45, 2.75) is 58.4 Å². The molecule has 0 aliphatic carbocycles. The molecule has 0 bridgehead atoms. The van der Waals surface area contributed by atoms with Crippen LogP contribution in [0.4, 0.5) is 0 Å². The Kier molecular flexibility index (Phi) is 5.53. The molecule has 1 unspecified atom stereocenters. The third kappa shape index (κ3) is 5.20. The first-order chi connectivity index (χ1) is 10.9. The maximum absolute atomic E-state index is 12.0. The summed E-state index contributed by atoms with van der Waals surface area (Å²) >= 11 is 0. The van der Waals surface area contributed by atoms with Crippen molar-refractivity contribution in [1.82, 2.24) is 15.5 Å². The molecule has 2 aromatic rings. The van der Waals surface area contributed by atoms with Crippen molar-refractivity contribution in [2.75, 3.05) is 0 Å². The highest BCUT2D eigenvalue weighted by Crippen LogP contribution is 2.19. The zero-order chi connectivity index (χ0) is 16.9. The third-order valence-electron chi connectivity index (χ3n) is 3.61. The van der Waals surface area contributed by atoms with Crippen LogP contribution in [0.1, 0.15) is 63.9 Å². The van der Waals surface area contributed by atoms with Crippen LogP contribution in [0.5, 0.6) is 0 Å². The average molecular weight is 315 g/mol. The fourth-order valence-electron chi connectivity index (χ4n) is 2.20. The van der Waals surface area contributed by atoms with Gasteiger partial charge in [-0.2, -0.15) is 4.98 Å². The highest BCUT2D eigenvalue weighted by molar-refractivity contribution is 5.76. The lowest BCUT2D eigenvalue weighted by atomic mass is 9.96. The summed E-state index contributed by atoms with van der Waals surface area (Å²) in [7, 11) is 0. The maximum atomic E-state index is 12.0. The van der Waals surface area contributed by atoms with Gasteiger partial charge in [0.15, 0.2) is 5.82 Å². The van der Waals surface area contributed by atoms with E-state index < -0.39 is 0 Å². The third-order valence-corrected chi connectivity index (χ3v) is 3.61. The summed E-state index contributed by atoms with van der Waals surface area (Å²) in [6.07, 6.45) is 1.76. The van der Waals surface area contributed by atoms with Crippen LogP contribution in [0, 0.1) is 0 Å². The van der Waals surface area contributed by atoms with Crippen molar-refractivity contribution in [3.63, 3.8) is 0 Å². The number of hydrogen-bond acceptors (Lipinski definition) is 4. The van der Waals surface area contributed by atoms with E-state index in [2.05, 4.69) is 15.5 Å². The molecule has 0 spiro atoms. The summed E-state index contributed by atoms with van der Waals surface area (Å²) in [6.45, 7) is 8.11. The first-order valence-electron chi connectivity index (χ1n) is 8.03. The van der Waals surface area contributed by atoms with Gasteiger partial charge in [0.05, 0.1) is 6.04 Å². The first-order valence-corrected chi connectivity index (χ1v) is 8.03. The van der Waals surface area contributed by atoms with E-state index in [1.807, 2.05) is 58.0 Å². The smallest absolute Gasteiger partial charge is 0.226 e. The van der Waals surface area contributed by atoms with Gasteiger partial charge in [0.25, 0.3) is 0 Å². The maximum Gasteiger partial charge on any atom is 0.226 e. The van der Waals surface area contributed by atoms with Crippen LogP contribution in [-0.4, -0.2) is 16.0 Å². The Morgan fingerprint density at radius 1 is 1.26 bits per heavy atom. The predicted molar refractivity (Wildman–Crippen MR) is 88.9 cm³/mol. The van der Waals surface area contributed by atoms with Crippen molar-refractivity contribution < 1.29 is 9.32 Å². The number of carbonyl (C=O) groups excluding carboxylic acids is 1. The zero-order valence-corrected chi connectivity index (χ0v) is 14.3. The molecule has 1 amide bonds. The second kappa shape index (κ2) is 7.40. The molecule has 1 atom stereocenters. The van der Waals surface area contributed by atoms with Crippen LogP contribution in [0.15, 0.2) is 34.9 Å². The summed E-state index contributed by atoms with van der Waals surface area (Å²) in [4.78, 5) is 16.4. The molecule has 1 aromatic carbocycles. The van der Waals surface area contributed by atoms with Crippen LogP contribution in [0.3, 0.4) is 0 Å². The molecule has 0 saturated heterocycles. The van der Waals surface area contributed by atoms with Crippen molar-refractivity contribution in [1.29, 1.82) is 0 Å². The molecule has 1 aromatic heterocycles. The van der Waals surface area contributed by atoms with E-state index in [4.69, 9.17) is 4.52 Å². The Hall–Kier alpha value is -2.17. The molecule has 1 heterocycles. The lowest BCUT2D eigenvalue weighted by Crippen LogP contribution is -2.26. The number of aryl methyl sites for hydroxylation is 1. The molecule has 0 saturated carbocycles. The number of nitrogens with zero attached hydrogens (tertiary/aromatic N) is 2. The van der Waals surface area contributed by atoms with E-state index >= 15 is 0 Å². The van der Waals surface area contributed by atoms with Crippen molar-refractivity contribution >= 4 is 5.91 Å². The van der Waals surface area contributed by atoms with E-state index in [-0.39, 0.29) is 17.4 Å². The first kappa shape index (κ1) is 17.2. The van der Waals surface area contributed by atoms with Crippen molar-refractivity contribution in [3.8, 4) is 0 Å². The van der Waals surface area contributed by atoms with Crippen LogP contribution >= 0.6 is 0 Å². The molecule has 5 heteroatoms. The number of hydrogen-bond donors (Lipinski definition) is 1. The average Bonchev–Trinajstić information content (AvgIpc) is 2.97. The number of benzene rings is 1. The summed E-state index contributed by atoms with van der Waals surface area (Å²) in [5.41, 5.74) is 0.983. The molecule has 124 valence electrons. The molecular formula is C18H25N3O2. The Labute approximate surface area is 137 Å². The summed E-state index contributed by atoms with van der Waals surface area (Å²) in [6, 6.07) is 9.95. The quantitative estimate of drug-likeness (QED) is 0.885. The van der Waals surface area contributed by atoms with Gasteiger partial charge in [-0.05, 0) is 18.9 Å². The molecular weight excluding hydrogens is 290 g/mol. The van der Waals surface area contributed by atoms with Gasteiger partial charge in [0.2, 0.25) is 11.8 Å². The Balaban J connectivity index is 1.76. The highest BCUT2D eigenvalue weighted by Gasteiger charge is 2.20. The number of nitrogens with one attached hydrogen (secondary N) is 1. The minimum Gasteiger partial charge on any atom is -0.350 e. The van der Waals surface area contributed by atoms with Crippen LogP contribution in [-0.2, 0) is 16.6 Å². The highest BCUT2D eigenvalue weighted by atomic mass is 16.5. The Morgan fingerprint density at radius 2 is 1.96 bits per heavy atom. The van der Waals surface area contributed by atoms with Gasteiger partial charge in [-0.25, -0.2) is 0 Å². The molecule has 1 N–H and O–H groups in total. The summed E-state index contributed by atoms with van der Waals surface area (Å²) in [5, 5.41) is 6.99. The summed E-state index contributed by atoms with van der Waals surface area (Å²) in [5.74, 6) is 1.34. The molecule has 23 heavy (non-hydrogen) atoms. The topological polar surface area (TPSA) is 68.0 Å². The second-order valence-corrected chi connectivity index (χ2v) is 6.82. The van der Waals surface area contributed by atoms with Gasteiger partial charge >= 0.3 is 0 Å². The minimum atomic E-state index is -0.121. The predicted octanol–water partition coefficient (Wildman–Crippen LogP) is 3.57. The largest absolute Gasteiger partial charge is 0.350 e. The monoisotopic (exact) mass is 315 g/mol. The van der Waals surface area contributed by atoms with E-state index in [9.17, 15) is 4.79 Å². The minimum absolute atomic E-state index is 0.0135. The van der Waals surface area contributed by atoms with E-state index in [1.54, 1.807) is 0 Å². The fourth-order valence-corrected chi connectivity index (χ4v) is 2.20. The summed E-state index contributed by atoms with van der Waals surface area (Å²) < 4.78 is 5.23. The van der Waals surface area contributed by atoms with Crippen LogP contribution in [0.25, 0.3) is 0 Å².